The minimum absolute atomic E-state index is 0.492. The standard InChI is InChI=1S/C17H14N6OS/c1-12-7-9-14(10-8-12)23-17(20-21-22-23)25-11-15-18-19-16(24-15)13-5-3-2-4-6-13/h2-10H,11H2,1H3. The second-order valence-electron chi connectivity index (χ2n) is 5.36. The Kier molecular flexibility index (Phi) is 4.26. The minimum Gasteiger partial charge on any atom is -0.420 e. The summed E-state index contributed by atoms with van der Waals surface area (Å²) < 4.78 is 7.40. The molecule has 0 aliphatic heterocycles. The van der Waals surface area contributed by atoms with Gasteiger partial charge in [-0.25, -0.2) is 0 Å². The third-order valence-corrected chi connectivity index (χ3v) is 4.44. The molecule has 0 aliphatic carbocycles. The Morgan fingerprint density at radius 3 is 2.56 bits per heavy atom. The highest BCUT2D eigenvalue weighted by Gasteiger charge is 2.13. The lowest BCUT2D eigenvalue weighted by molar-refractivity contribution is 0.528. The lowest BCUT2D eigenvalue weighted by Gasteiger charge is -2.03. The average Bonchev–Trinajstić information content (AvgIpc) is 3.31. The number of benzene rings is 2. The van der Waals surface area contributed by atoms with Gasteiger partial charge in [-0.1, -0.05) is 47.7 Å². The van der Waals surface area contributed by atoms with Crippen LogP contribution in [0.1, 0.15) is 11.5 Å². The van der Waals surface area contributed by atoms with E-state index in [2.05, 4.69) is 25.7 Å². The van der Waals surface area contributed by atoms with E-state index < -0.39 is 0 Å². The Bertz CT molecular complexity index is 964. The zero-order chi connectivity index (χ0) is 17.1. The normalized spacial score (nSPS) is 10.9. The van der Waals surface area contributed by atoms with Crippen LogP contribution in [0.5, 0.6) is 0 Å². The second kappa shape index (κ2) is 6.86. The number of tetrazole rings is 1. The molecule has 4 aromatic rings. The number of hydrogen-bond acceptors (Lipinski definition) is 7. The number of aryl methyl sites for hydroxylation is 1. The summed E-state index contributed by atoms with van der Waals surface area (Å²) in [7, 11) is 0. The van der Waals surface area contributed by atoms with E-state index in [0.717, 1.165) is 11.3 Å². The fourth-order valence-electron chi connectivity index (χ4n) is 2.25. The minimum atomic E-state index is 0.492. The molecule has 0 saturated carbocycles. The molecule has 7 nitrogen and oxygen atoms in total. The summed E-state index contributed by atoms with van der Waals surface area (Å²) in [5.74, 6) is 1.53. The van der Waals surface area contributed by atoms with Crippen LogP contribution in [0, 0.1) is 6.92 Å². The Balaban J connectivity index is 1.49. The molecule has 0 amide bonds. The summed E-state index contributed by atoms with van der Waals surface area (Å²) in [5.41, 5.74) is 3.00. The fraction of sp³-hybridized carbons (Fsp3) is 0.118. The molecule has 0 unspecified atom stereocenters. The molecule has 2 aromatic heterocycles. The molecule has 0 fully saturated rings. The monoisotopic (exact) mass is 350 g/mol. The predicted octanol–water partition coefficient (Wildman–Crippen LogP) is 3.31. The first-order valence-corrected chi connectivity index (χ1v) is 8.64. The van der Waals surface area contributed by atoms with E-state index in [4.69, 9.17) is 4.42 Å². The van der Waals surface area contributed by atoms with Gasteiger partial charge in [0.05, 0.1) is 11.4 Å². The highest BCUT2D eigenvalue weighted by Crippen LogP contribution is 2.24. The summed E-state index contributed by atoms with van der Waals surface area (Å²) in [4.78, 5) is 0. The molecule has 0 bridgehead atoms. The summed E-state index contributed by atoms with van der Waals surface area (Å²) in [6.45, 7) is 2.04. The van der Waals surface area contributed by atoms with Crippen LogP contribution in [0.2, 0.25) is 0 Å². The van der Waals surface area contributed by atoms with E-state index in [1.807, 2.05) is 61.5 Å². The first-order chi connectivity index (χ1) is 12.3. The van der Waals surface area contributed by atoms with Gasteiger partial charge in [-0.15, -0.1) is 15.3 Å². The van der Waals surface area contributed by atoms with Gasteiger partial charge in [0.15, 0.2) is 0 Å². The van der Waals surface area contributed by atoms with Crippen molar-refractivity contribution in [2.75, 3.05) is 0 Å². The molecule has 8 heteroatoms. The van der Waals surface area contributed by atoms with Crippen molar-refractivity contribution in [3.63, 3.8) is 0 Å². The van der Waals surface area contributed by atoms with Gasteiger partial charge in [0.1, 0.15) is 0 Å². The molecular formula is C17H14N6OS. The lowest BCUT2D eigenvalue weighted by atomic mass is 10.2. The average molecular weight is 350 g/mol. The van der Waals surface area contributed by atoms with Crippen molar-refractivity contribution in [3.05, 3.63) is 66.1 Å². The molecule has 2 aromatic carbocycles. The zero-order valence-corrected chi connectivity index (χ0v) is 14.2. The quantitative estimate of drug-likeness (QED) is 0.511. The Morgan fingerprint density at radius 2 is 1.76 bits per heavy atom. The van der Waals surface area contributed by atoms with E-state index in [9.17, 15) is 0 Å². The Hall–Kier alpha value is -3.00. The highest BCUT2D eigenvalue weighted by atomic mass is 32.2. The van der Waals surface area contributed by atoms with Crippen LogP contribution in [0.4, 0.5) is 0 Å². The largest absolute Gasteiger partial charge is 0.420 e. The summed E-state index contributed by atoms with van der Waals surface area (Å²) >= 11 is 1.44. The van der Waals surface area contributed by atoms with Crippen molar-refractivity contribution in [1.82, 2.24) is 30.4 Å². The van der Waals surface area contributed by atoms with Gasteiger partial charge in [-0.3, -0.25) is 0 Å². The Morgan fingerprint density at radius 1 is 0.960 bits per heavy atom. The maximum absolute atomic E-state index is 5.71. The summed E-state index contributed by atoms with van der Waals surface area (Å²) in [6.07, 6.45) is 0. The number of thioether (sulfide) groups is 1. The van der Waals surface area contributed by atoms with E-state index in [0.29, 0.717) is 22.7 Å². The third kappa shape index (κ3) is 3.43. The number of aromatic nitrogens is 6. The molecule has 124 valence electrons. The zero-order valence-electron chi connectivity index (χ0n) is 13.4. The van der Waals surface area contributed by atoms with Crippen molar-refractivity contribution < 1.29 is 4.42 Å². The van der Waals surface area contributed by atoms with Crippen molar-refractivity contribution in [2.24, 2.45) is 0 Å². The maximum Gasteiger partial charge on any atom is 0.247 e. The maximum atomic E-state index is 5.71. The van der Waals surface area contributed by atoms with E-state index in [1.165, 1.54) is 17.3 Å². The van der Waals surface area contributed by atoms with Gasteiger partial charge in [-0.2, -0.15) is 4.68 Å². The molecule has 25 heavy (non-hydrogen) atoms. The Labute approximate surface area is 148 Å². The van der Waals surface area contributed by atoms with E-state index in [1.54, 1.807) is 4.68 Å². The van der Waals surface area contributed by atoms with Crippen LogP contribution in [-0.2, 0) is 5.75 Å². The fourth-order valence-corrected chi connectivity index (χ4v) is 2.98. The number of rotatable bonds is 5. The van der Waals surface area contributed by atoms with Crippen LogP contribution in [0.3, 0.4) is 0 Å². The molecule has 0 radical (unpaired) electrons. The van der Waals surface area contributed by atoms with Gasteiger partial charge in [-0.05, 0) is 41.6 Å². The van der Waals surface area contributed by atoms with Crippen molar-refractivity contribution in [3.8, 4) is 17.1 Å². The van der Waals surface area contributed by atoms with Gasteiger partial charge in [0, 0.05) is 5.56 Å². The van der Waals surface area contributed by atoms with E-state index in [-0.39, 0.29) is 0 Å². The van der Waals surface area contributed by atoms with Crippen molar-refractivity contribution in [2.45, 2.75) is 17.8 Å². The molecule has 0 atom stereocenters. The van der Waals surface area contributed by atoms with Crippen molar-refractivity contribution >= 4 is 11.8 Å². The predicted molar refractivity (Wildman–Crippen MR) is 93.2 cm³/mol. The SMILES string of the molecule is Cc1ccc(-n2nnnc2SCc2nnc(-c3ccccc3)o2)cc1. The van der Waals surface area contributed by atoms with Crippen LogP contribution in [-0.4, -0.2) is 30.4 Å². The highest BCUT2D eigenvalue weighted by molar-refractivity contribution is 7.98. The van der Waals surface area contributed by atoms with Crippen molar-refractivity contribution in [1.29, 1.82) is 0 Å². The lowest BCUT2D eigenvalue weighted by Crippen LogP contribution is -1.99. The number of nitrogens with zero attached hydrogens (tertiary/aromatic N) is 6. The molecule has 0 spiro atoms. The molecule has 4 rings (SSSR count). The van der Waals surface area contributed by atoms with Gasteiger partial charge < -0.3 is 4.42 Å². The van der Waals surface area contributed by atoms with Gasteiger partial charge in [0.2, 0.25) is 16.9 Å². The van der Waals surface area contributed by atoms with Crippen LogP contribution in [0.25, 0.3) is 17.1 Å². The van der Waals surface area contributed by atoms with Crippen LogP contribution < -0.4 is 0 Å². The van der Waals surface area contributed by atoms with Gasteiger partial charge >= 0.3 is 0 Å². The van der Waals surface area contributed by atoms with Crippen LogP contribution in [0.15, 0.2) is 64.2 Å². The topological polar surface area (TPSA) is 82.5 Å². The van der Waals surface area contributed by atoms with E-state index >= 15 is 0 Å². The first-order valence-electron chi connectivity index (χ1n) is 7.65. The molecule has 0 saturated heterocycles. The molecule has 2 heterocycles. The summed E-state index contributed by atoms with van der Waals surface area (Å²) in [5, 5.41) is 20.7. The third-order valence-electron chi connectivity index (χ3n) is 3.53. The summed E-state index contributed by atoms with van der Waals surface area (Å²) in [6, 6.07) is 17.7. The van der Waals surface area contributed by atoms with Crippen LogP contribution >= 0.6 is 11.8 Å². The molecular weight excluding hydrogens is 336 g/mol. The smallest absolute Gasteiger partial charge is 0.247 e. The molecule has 0 N–H and O–H groups in total. The first kappa shape index (κ1) is 15.5. The molecule has 0 aliphatic rings. The number of hydrogen-bond donors (Lipinski definition) is 0. The van der Waals surface area contributed by atoms with Gasteiger partial charge in [0.25, 0.3) is 0 Å². The second-order valence-corrected chi connectivity index (χ2v) is 6.31.